The molecule has 6 heteroatoms. The normalized spacial score (nSPS) is 18.0. The molecule has 106 valence electrons. The van der Waals surface area contributed by atoms with E-state index in [1.54, 1.807) is 37.6 Å². The third-order valence-electron chi connectivity index (χ3n) is 3.36. The van der Waals surface area contributed by atoms with Crippen LogP contribution in [0.4, 0.5) is 5.69 Å². The van der Waals surface area contributed by atoms with Crippen molar-refractivity contribution in [2.75, 3.05) is 11.9 Å². The molecule has 0 aliphatic carbocycles. The molecule has 1 atom stereocenters. The Morgan fingerprint density at radius 2 is 2.14 bits per heavy atom. The minimum absolute atomic E-state index is 0.266. The van der Waals surface area contributed by atoms with E-state index in [1.807, 2.05) is 12.1 Å². The van der Waals surface area contributed by atoms with Gasteiger partial charge in [-0.15, -0.1) is 0 Å². The number of anilines is 1. The van der Waals surface area contributed by atoms with Crippen molar-refractivity contribution in [3.8, 4) is 0 Å². The number of benzodiazepines with no additional fused rings is 1. The highest BCUT2D eigenvalue weighted by molar-refractivity contribution is 6.32. The van der Waals surface area contributed by atoms with Crippen LogP contribution in [0.1, 0.15) is 11.1 Å². The minimum atomic E-state index is -0.948. The summed E-state index contributed by atoms with van der Waals surface area (Å²) in [6, 6.07) is 9.00. The van der Waals surface area contributed by atoms with Crippen molar-refractivity contribution in [3.63, 3.8) is 0 Å². The molecule has 2 aromatic rings. The van der Waals surface area contributed by atoms with Gasteiger partial charge in [0.2, 0.25) is 0 Å². The number of benzene rings is 1. The van der Waals surface area contributed by atoms with E-state index in [0.29, 0.717) is 10.7 Å². The van der Waals surface area contributed by atoms with Crippen LogP contribution >= 0.6 is 11.6 Å². The lowest BCUT2D eigenvalue weighted by Crippen LogP contribution is -2.39. The molecule has 5 nitrogen and oxygen atoms in total. The van der Waals surface area contributed by atoms with Gasteiger partial charge in [-0.2, -0.15) is 0 Å². The molecule has 1 unspecified atom stereocenters. The topological polar surface area (TPSA) is 71.6 Å². The lowest BCUT2D eigenvalue weighted by Gasteiger charge is -2.19. The van der Waals surface area contributed by atoms with Crippen LogP contribution in [0.3, 0.4) is 0 Å². The van der Waals surface area contributed by atoms with Gasteiger partial charge in [0.05, 0.1) is 11.4 Å². The van der Waals surface area contributed by atoms with E-state index in [1.165, 1.54) is 4.90 Å². The molecule has 1 aromatic carbocycles. The first kappa shape index (κ1) is 13.7. The number of fused-ring (bicyclic) bond motifs is 1. The molecule has 0 saturated carbocycles. The van der Waals surface area contributed by atoms with Gasteiger partial charge in [0, 0.05) is 35.6 Å². The second-order valence-corrected chi connectivity index (χ2v) is 5.16. The number of rotatable bonds is 1. The molecule has 0 bridgehead atoms. The van der Waals surface area contributed by atoms with E-state index in [-0.39, 0.29) is 5.91 Å². The predicted molar refractivity (Wildman–Crippen MR) is 82.7 cm³/mol. The molecule has 1 aliphatic rings. The number of amides is 1. The SMILES string of the molecule is CN1C(=O)C(N)N=C(c2cccnc2)c2cc(Cl)ccc21. The number of carbonyl (C=O) groups is 1. The quantitative estimate of drug-likeness (QED) is 0.873. The second kappa shape index (κ2) is 5.27. The number of likely N-dealkylation sites (N-methyl/N-ethyl adjacent to an activating group) is 1. The van der Waals surface area contributed by atoms with E-state index >= 15 is 0 Å². The third kappa shape index (κ3) is 2.41. The second-order valence-electron chi connectivity index (χ2n) is 4.72. The summed E-state index contributed by atoms with van der Waals surface area (Å²) < 4.78 is 0. The monoisotopic (exact) mass is 300 g/mol. The van der Waals surface area contributed by atoms with Crippen molar-refractivity contribution in [1.29, 1.82) is 0 Å². The van der Waals surface area contributed by atoms with E-state index in [9.17, 15) is 4.79 Å². The molecule has 3 rings (SSSR count). The molecular formula is C15H13ClN4O. The summed E-state index contributed by atoms with van der Waals surface area (Å²) in [4.78, 5) is 22.2. The maximum absolute atomic E-state index is 12.2. The Labute approximate surface area is 127 Å². The zero-order valence-corrected chi connectivity index (χ0v) is 12.1. The van der Waals surface area contributed by atoms with E-state index in [4.69, 9.17) is 17.3 Å². The fourth-order valence-electron chi connectivity index (χ4n) is 2.30. The molecule has 0 fully saturated rings. The van der Waals surface area contributed by atoms with Gasteiger partial charge in [0.1, 0.15) is 0 Å². The number of pyridine rings is 1. The first-order valence-corrected chi connectivity index (χ1v) is 6.77. The average Bonchev–Trinajstić information content (AvgIpc) is 2.59. The van der Waals surface area contributed by atoms with Gasteiger partial charge in [-0.1, -0.05) is 11.6 Å². The standard InChI is InChI=1S/C15H13ClN4O/c1-20-12-5-4-10(16)7-11(12)13(19-14(17)15(20)21)9-3-2-6-18-8-9/h2-8,14H,17H2,1H3. The first-order valence-electron chi connectivity index (χ1n) is 6.39. The van der Waals surface area contributed by atoms with Crippen LogP contribution in [0, 0.1) is 0 Å². The van der Waals surface area contributed by atoms with Crippen molar-refractivity contribution in [2.45, 2.75) is 6.17 Å². The molecule has 21 heavy (non-hydrogen) atoms. The molecule has 1 aliphatic heterocycles. The van der Waals surface area contributed by atoms with Crippen LogP contribution in [0.5, 0.6) is 0 Å². The van der Waals surface area contributed by atoms with Gasteiger partial charge in [0.25, 0.3) is 5.91 Å². The summed E-state index contributed by atoms with van der Waals surface area (Å²) in [5.41, 5.74) is 8.77. The van der Waals surface area contributed by atoms with Crippen molar-refractivity contribution in [2.24, 2.45) is 10.7 Å². The van der Waals surface area contributed by atoms with E-state index in [0.717, 1.165) is 16.8 Å². The smallest absolute Gasteiger partial charge is 0.266 e. The van der Waals surface area contributed by atoms with Gasteiger partial charge < -0.3 is 10.6 Å². The van der Waals surface area contributed by atoms with Crippen molar-refractivity contribution < 1.29 is 4.79 Å². The number of halogens is 1. The van der Waals surface area contributed by atoms with Crippen LogP contribution in [-0.2, 0) is 4.79 Å². The van der Waals surface area contributed by atoms with Crippen molar-refractivity contribution >= 4 is 28.9 Å². The zero-order valence-electron chi connectivity index (χ0n) is 11.3. The van der Waals surface area contributed by atoms with Crippen LogP contribution in [0.2, 0.25) is 5.02 Å². The summed E-state index contributed by atoms with van der Waals surface area (Å²) in [5.74, 6) is -0.266. The first-order chi connectivity index (χ1) is 10.1. The molecule has 0 spiro atoms. The lowest BCUT2D eigenvalue weighted by atomic mass is 10.0. The maximum atomic E-state index is 12.2. The summed E-state index contributed by atoms with van der Waals surface area (Å²) in [7, 11) is 1.68. The highest BCUT2D eigenvalue weighted by Crippen LogP contribution is 2.29. The molecule has 0 saturated heterocycles. The lowest BCUT2D eigenvalue weighted by molar-refractivity contribution is -0.119. The van der Waals surface area contributed by atoms with Gasteiger partial charge >= 0.3 is 0 Å². The Morgan fingerprint density at radius 3 is 2.86 bits per heavy atom. The van der Waals surface area contributed by atoms with E-state index < -0.39 is 6.17 Å². The van der Waals surface area contributed by atoms with Gasteiger partial charge in [-0.25, -0.2) is 0 Å². The molecule has 0 radical (unpaired) electrons. The summed E-state index contributed by atoms with van der Waals surface area (Å²) in [5, 5.41) is 0.571. The summed E-state index contributed by atoms with van der Waals surface area (Å²) >= 11 is 6.10. The van der Waals surface area contributed by atoms with Crippen LogP contribution in [0.15, 0.2) is 47.7 Å². The van der Waals surface area contributed by atoms with Gasteiger partial charge in [-0.05, 0) is 30.3 Å². The molecule has 1 aromatic heterocycles. The fourth-order valence-corrected chi connectivity index (χ4v) is 2.48. The minimum Gasteiger partial charge on any atom is -0.312 e. The highest BCUT2D eigenvalue weighted by Gasteiger charge is 2.27. The Kier molecular flexibility index (Phi) is 3.45. The van der Waals surface area contributed by atoms with Gasteiger partial charge in [0.15, 0.2) is 6.17 Å². The van der Waals surface area contributed by atoms with Crippen LogP contribution in [0.25, 0.3) is 0 Å². The molecule has 1 amide bonds. The molecule has 2 N–H and O–H groups in total. The Balaban J connectivity index is 2.27. The Bertz CT molecular complexity index is 730. The van der Waals surface area contributed by atoms with Crippen molar-refractivity contribution in [1.82, 2.24) is 4.98 Å². The third-order valence-corrected chi connectivity index (χ3v) is 3.60. The Morgan fingerprint density at radius 1 is 1.33 bits per heavy atom. The van der Waals surface area contributed by atoms with E-state index in [2.05, 4.69) is 9.98 Å². The van der Waals surface area contributed by atoms with Gasteiger partial charge in [-0.3, -0.25) is 14.8 Å². The number of aliphatic imine (C=N–C) groups is 1. The van der Waals surface area contributed by atoms with Crippen LogP contribution < -0.4 is 10.6 Å². The number of nitrogens with two attached hydrogens (primary N) is 1. The molecule has 2 heterocycles. The number of hydrogen-bond acceptors (Lipinski definition) is 4. The molecular weight excluding hydrogens is 288 g/mol. The zero-order chi connectivity index (χ0) is 15.0. The number of aromatic nitrogens is 1. The number of hydrogen-bond donors (Lipinski definition) is 1. The van der Waals surface area contributed by atoms with Crippen molar-refractivity contribution in [3.05, 3.63) is 58.9 Å². The highest BCUT2D eigenvalue weighted by atomic mass is 35.5. The average molecular weight is 301 g/mol. The summed E-state index contributed by atoms with van der Waals surface area (Å²) in [6.45, 7) is 0. The van der Waals surface area contributed by atoms with Crippen LogP contribution in [-0.4, -0.2) is 29.8 Å². The Hall–Kier alpha value is -2.24. The fraction of sp³-hybridized carbons (Fsp3) is 0.133. The predicted octanol–water partition coefficient (Wildman–Crippen LogP) is 1.83. The largest absolute Gasteiger partial charge is 0.312 e. The number of carbonyl (C=O) groups excluding carboxylic acids is 1. The number of nitrogens with zero attached hydrogens (tertiary/aromatic N) is 3. The maximum Gasteiger partial charge on any atom is 0.266 e. The summed E-state index contributed by atoms with van der Waals surface area (Å²) in [6.07, 6.45) is 2.42.